The minimum Gasteiger partial charge on any atom is -0.497 e. The van der Waals surface area contributed by atoms with Crippen molar-refractivity contribution in [1.29, 1.82) is 0 Å². The van der Waals surface area contributed by atoms with Gasteiger partial charge in [0.2, 0.25) is 0 Å². The van der Waals surface area contributed by atoms with E-state index < -0.39 is 5.60 Å². The number of halogens is 1. The zero-order chi connectivity index (χ0) is 22.0. The Labute approximate surface area is 184 Å². The molecule has 1 amide bonds. The second-order valence-electron chi connectivity index (χ2n) is 7.41. The summed E-state index contributed by atoms with van der Waals surface area (Å²) in [6.45, 7) is 3.41. The van der Waals surface area contributed by atoms with Crippen LogP contribution in [0.4, 0.5) is 5.69 Å². The highest BCUT2D eigenvalue weighted by molar-refractivity contribution is 6.30. The van der Waals surface area contributed by atoms with Gasteiger partial charge in [0, 0.05) is 16.8 Å². The van der Waals surface area contributed by atoms with E-state index >= 15 is 0 Å². The predicted molar refractivity (Wildman–Crippen MR) is 120 cm³/mol. The van der Waals surface area contributed by atoms with Crippen LogP contribution < -0.4 is 14.8 Å². The van der Waals surface area contributed by atoms with Crippen molar-refractivity contribution in [3.8, 4) is 17.2 Å². The minimum absolute atomic E-state index is 0.290. The van der Waals surface area contributed by atoms with E-state index in [2.05, 4.69) is 15.5 Å². The molecule has 0 radical (unpaired) electrons. The number of carbonyl (C=O) groups excluding carboxylic acids is 1. The first kappa shape index (κ1) is 20.7. The predicted octanol–water partition coefficient (Wildman–Crippen LogP) is 4.88. The smallest absolute Gasteiger partial charge is 0.267 e. The molecular weight excluding hydrogens is 416 g/mol. The van der Waals surface area contributed by atoms with Crippen molar-refractivity contribution in [3.05, 3.63) is 71.8 Å². The minimum atomic E-state index is -1.10. The molecule has 31 heavy (non-hydrogen) atoms. The van der Waals surface area contributed by atoms with E-state index in [1.807, 2.05) is 30.3 Å². The number of aromatic nitrogens is 3. The molecule has 158 valence electrons. The van der Waals surface area contributed by atoms with Crippen molar-refractivity contribution in [2.45, 2.75) is 19.4 Å². The van der Waals surface area contributed by atoms with Gasteiger partial charge >= 0.3 is 0 Å². The number of fused-ring (bicyclic) bond motifs is 1. The molecule has 7 nitrogen and oxygen atoms in total. The first-order valence-corrected chi connectivity index (χ1v) is 9.99. The number of hydrogen-bond acceptors (Lipinski definition) is 5. The van der Waals surface area contributed by atoms with E-state index in [4.69, 9.17) is 21.1 Å². The third-order valence-electron chi connectivity index (χ3n) is 4.66. The summed E-state index contributed by atoms with van der Waals surface area (Å²) in [6.07, 6.45) is 0. The summed E-state index contributed by atoms with van der Waals surface area (Å²) in [5.74, 6) is 0.984. The number of nitrogens with one attached hydrogen (secondary N) is 1. The number of benzene rings is 3. The largest absolute Gasteiger partial charge is 0.497 e. The van der Waals surface area contributed by atoms with Crippen molar-refractivity contribution in [1.82, 2.24) is 15.0 Å². The van der Waals surface area contributed by atoms with Gasteiger partial charge in [-0.15, -0.1) is 10.2 Å². The molecule has 0 aliphatic rings. The zero-order valence-corrected chi connectivity index (χ0v) is 18.1. The summed E-state index contributed by atoms with van der Waals surface area (Å²) in [4.78, 5) is 14.4. The topological polar surface area (TPSA) is 78.3 Å². The summed E-state index contributed by atoms with van der Waals surface area (Å²) >= 11 is 5.90. The summed E-state index contributed by atoms with van der Waals surface area (Å²) in [6, 6.07) is 19.7. The van der Waals surface area contributed by atoms with Crippen molar-refractivity contribution >= 4 is 34.2 Å². The van der Waals surface area contributed by atoms with Crippen LogP contribution in [-0.2, 0) is 4.79 Å². The lowest BCUT2D eigenvalue weighted by Gasteiger charge is -2.25. The number of nitrogens with zero attached hydrogens (tertiary/aromatic N) is 3. The molecule has 0 fully saturated rings. The van der Waals surface area contributed by atoms with E-state index in [0.29, 0.717) is 27.5 Å². The highest BCUT2D eigenvalue weighted by atomic mass is 35.5. The number of anilines is 1. The Morgan fingerprint density at radius 3 is 2.45 bits per heavy atom. The Morgan fingerprint density at radius 2 is 1.71 bits per heavy atom. The normalized spacial score (nSPS) is 11.4. The number of carbonyl (C=O) groups is 1. The van der Waals surface area contributed by atoms with Crippen molar-refractivity contribution in [2.24, 2.45) is 0 Å². The van der Waals surface area contributed by atoms with Crippen molar-refractivity contribution in [3.63, 3.8) is 0 Å². The average Bonchev–Trinajstić information content (AvgIpc) is 3.19. The Kier molecular flexibility index (Phi) is 5.52. The summed E-state index contributed by atoms with van der Waals surface area (Å²) in [5.41, 5.74) is 1.64. The summed E-state index contributed by atoms with van der Waals surface area (Å²) < 4.78 is 11.1. The standard InChI is InChI=1S/C23H21ClN4O3/c1-23(2,31-18-10-7-15(24)8-11-18)22(29)25-16-9-12-20-21(13-16)27-28(26-20)17-5-4-6-19(14-17)30-3/h4-14H,1-3H3,(H,25,29). The van der Waals surface area contributed by atoms with Gasteiger partial charge in [0.25, 0.3) is 5.91 Å². The highest BCUT2D eigenvalue weighted by Crippen LogP contribution is 2.24. The van der Waals surface area contributed by atoms with Gasteiger partial charge < -0.3 is 14.8 Å². The lowest BCUT2D eigenvalue weighted by atomic mass is 10.1. The Morgan fingerprint density at radius 1 is 0.968 bits per heavy atom. The molecule has 8 heteroatoms. The summed E-state index contributed by atoms with van der Waals surface area (Å²) in [7, 11) is 1.61. The zero-order valence-electron chi connectivity index (χ0n) is 17.3. The fourth-order valence-electron chi connectivity index (χ4n) is 2.97. The molecule has 0 saturated carbocycles. The molecule has 0 spiro atoms. The molecule has 0 unspecified atom stereocenters. The molecule has 0 atom stereocenters. The molecule has 0 aliphatic heterocycles. The highest BCUT2D eigenvalue weighted by Gasteiger charge is 2.30. The van der Waals surface area contributed by atoms with Crippen molar-refractivity contribution < 1.29 is 14.3 Å². The van der Waals surface area contributed by atoms with Crippen LogP contribution in [0.3, 0.4) is 0 Å². The lowest BCUT2D eigenvalue weighted by Crippen LogP contribution is -2.42. The molecule has 0 saturated heterocycles. The number of methoxy groups -OCH3 is 1. The van der Waals surface area contributed by atoms with Gasteiger partial charge in [0.15, 0.2) is 5.60 Å². The molecule has 4 rings (SSSR count). The van der Waals surface area contributed by atoms with Gasteiger partial charge in [-0.1, -0.05) is 17.7 Å². The summed E-state index contributed by atoms with van der Waals surface area (Å²) in [5, 5.41) is 12.5. The first-order chi connectivity index (χ1) is 14.8. The van der Waals surface area contributed by atoms with E-state index in [0.717, 1.165) is 11.4 Å². The van der Waals surface area contributed by atoms with Crippen molar-refractivity contribution in [2.75, 3.05) is 12.4 Å². The second-order valence-corrected chi connectivity index (χ2v) is 7.85. The third-order valence-corrected chi connectivity index (χ3v) is 4.91. The monoisotopic (exact) mass is 436 g/mol. The molecule has 0 bridgehead atoms. The molecule has 4 aromatic rings. The average molecular weight is 437 g/mol. The molecule has 1 aromatic heterocycles. The molecule has 3 aromatic carbocycles. The number of hydrogen-bond donors (Lipinski definition) is 1. The van der Waals surface area contributed by atoms with Gasteiger partial charge in [-0.2, -0.15) is 4.80 Å². The van der Waals surface area contributed by atoms with E-state index in [1.54, 1.807) is 57.4 Å². The maximum Gasteiger partial charge on any atom is 0.267 e. The quantitative estimate of drug-likeness (QED) is 0.466. The molecule has 1 heterocycles. The SMILES string of the molecule is COc1cccc(-n2nc3ccc(NC(=O)C(C)(C)Oc4ccc(Cl)cc4)cc3n2)c1. The van der Waals surface area contributed by atoms with Crippen LogP contribution in [0.2, 0.25) is 5.02 Å². The fourth-order valence-corrected chi connectivity index (χ4v) is 3.09. The van der Waals surface area contributed by atoms with Crippen LogP contribution in [0.15, 0.2) is 66.7 Å². The van der Waals surface area contributed by atoms with Gasteiger partial charge in [-0.25, -0.2) is 0 Å². The molecular formula is C23H21ClN4O3. The van der Waals surface area contributed by atoms with Crippen LogP contribution in [-0.4, -0.2) is 33.6 Å². The van der Waals surface area contributed by atoms with Crippen LogP contribution in [0.1, 0.15) is 13.8 Å². The van der Waals surface area contributed by atoms with E-state index in [9.17, 15) is 4.79 Å². The third kappa shape index (κ3) is 4.62. The second kappa shape index (κ2) is 8.28. The van der Waals surface area contributed by atoms with Crippen LogP contribution in [0.5, 0.6) is 11.5 Å². The number of amides is 1. The maximum atomic E-state index is 12.8. The van der Waals surface area contributed by atoms with Gasteiger partial charge in [0.05, 0.1) is 12.8 Å². The number of ether oxygens (including phenoxy) is 2. The van der Waals surface area contributed by atoms with Gasteiger partial charge in [-0.05, 0) is 68.4 Å². The van der Waals surface area contributed by atoms with Gasteiger partial charge in [0.1, 0.15) is 22.5 Å². The fraction of sp³-hybridized carbons (Fsp3) is 0.174. The lowest BCUT2D eigenvalue weighted by molar-refractivity contribution is -0.128. The van der Waals surface area contributed by atoms with Crippen LogP contribution >= 0.6 is 11.6 Å². The first-order valence-electron chi connectivity index (χ1n) is 9.62. The van der Waals surface area contributed by atoms with E-state index in [-0.39, 0.29) is 5.91 Å². The van der Waals surface area contributed by atoms with Crippen LogP contribution in [0.25, 0.3) is 16.7 Å². The number of rotatable bonds is 6. The Bertz CT molecular complexity index is 1240. The van der Waals surface area contributed by atoms with Crippen LogP contribution in [0, 0.1) is 0 Å². The Balaban J connectivity index is 1.52. The Hall–Kier alpha value is -3.58. The van der Waals surface area contributed by atoms with Gasteiger partial charge in [-0.3, -0.25) is 4.79 Å². The maximum absolute atomic E-state index is 12.8. The molecule has 0 aliphatic carbocycles. The molecule has 1 N–H and O–H groups in total. The van der Waals surface area contributed by atoms with E-state index in [1.165, 1.54) is 4.80 Å².